The molecule has 98 valence electrons. The number of fused-ring (bicyclic) bond motifs is 1. The lowest BCUT2D eigenvalue weighted by molar-refractivity contribution is -0.0522. The molecule has 19 heavy (non-hydrogen) atoms. The van der Waals surface area contributed by atoms with Crippen molar-refractivity contribution in [2.24, 2.45) is 0 Å². The molecule has 1 fully saturated rings. The summed E-state index contributed by atoms with van der Waals surface area (Å²) in [5.74, 6) is 0. The van der Waals surface area contributed by atoms with E-state index in [0.717, 1.165) is 18.2 Å². The molecule has 2 aromatic rings. The van der Waals surface area contributed by atoms with Crippen LogP contribution < -0.4 is 11.0 Å². The first-order valence-corrected chi connectivity index (χ1v) is 6.63. The summed E-state index contributed by atoms with van der Waals surface area (Å²) < 4.78 is 12.6. The van der Waals surface area contributed by atoms with Crippen LogP contribution in [0.3, 0.4) is 0 Å². The molecule has 2 heterocycles. The Bertz CT molecular complexity index is 647. The van der Waals surface area contributed by atoms with Crippen molar-refractivity contribution in [1.29, 1.82) is 0 Å². The lowest BCUT2D eigenvalue weighted by atomic mass is 9.73. The third-order valence-electron chi connectivity index (χ3n) is 3.49. The number of aromatic nitrogens is 1. The average Bonchev–Trinajstić information content (AvgIpc) is 2.94. The maximum Gasteiger partial charge on any atom is 0.251 e. The fourth-order valence-electron chi connectivity index (χ4n) is 2.40. The third-order valence-corrected chi connectivity index (χ3v) is 3.49. The fraction of sp³-hybridized carbons (Fsp3) is 0.357. The van der Waals surface area contributed by atoms with Gasteiger partial charge in [-0.3, -0.25) is 4.79 Å². The molecule has 4 nitrogen and oxygen atoms in total. The van der Waals surface area contributed by atoms with Crippen molar-refractivity contribution in [2.75, 3.05) is 13.2 Å². The molecule has 0 radical (unpaired) electrons. The minimum absolute atomic E-state index is 0.0140. The van der Waals surface area contributed by atoms with Crippen molar-refractivity contribution < 1.29 is 9.47 Å². The predicted octanol–water partition coefficient (Wildman–Crippen LogP) is 0.484. The summed E-state index contributed by atoms with van der Waals surface area (Å²) in [6.07, 6.45) is -0.311. The van der Waals surface area contributed by atoms with Gasteiger partial charge in [0.15, 0.2) is 13.6 Å². The number of rotatable bonds is 3. The van der Waals surface area contributed by atoms with Crippen molar-refractivity contribution in [3.63, 3.8) is 0 Å². The summed E-state index contributed by atoms with van der Waals surface area (Å²) in [4.78, 5) is 12.1. The molecule has 0 N–H and O–H groups in total. The lowest BCUT2D eigenvalue weighted by Gasteiger charge is -2.14. The Hall–Kier alpha value is -1.59. The van der Waals surface area contributed by atoms with Gasteiger partial charge in [-0.2, -0.15) is 0 Å². The van der Waals surface area contributed by atoms with Gasteiger partial charge in [0.1, 0.15) is 0 Å². The van der Waals surface area contributed by atoms with E-state index in [-0.39, 0.29) is 11.8 Å². The van der Waals surface area contributed by atoms with E-state index >= 15 is 0 Å². The predicted molar refractivity (Wildman–Crippen MR) is 76.5 cm³/mol. The maximum atomic E-state index is 12.1. The van der Waals surface area contributed by atoms with Crippen molar-refractivity contribution in [1.82, 2.24) is 4.57 Å². The van der Waals surface area contributed by atoms with Crippen LogP contribution in [-0.4, -0.2) is 31.4 Å². The minimum Gasteiger partial charge on any atom is -0.348 e. The van der Waals surface area contributed by atoms with Gasteiger partial charge in [0.25, 0.3) is 5.56 Å². The quantitative estimate of drug-likeness (QED) is 0.751. The molecule has 1 aliphatic rings. The smallest absolute Gasteiger partial charge is 0.251 e. The van der Waals surface area contributed by atoms with Crippen LogP contribution in [0.2, 0.25) is 6.82 Å². The van der Waals surface area contributed by atoms with E-state index in [1.54, 1.807) is 10.6 Å². The van der Waals surface area contributed by atoms with Gasteiger partial charge in [-0.25, -0.2) is 0 Å². The maximum absolute atomic E-state index is 12.1. The van der Waals surface area contributed by atoms with Gasteiger partial charge < -0.3 is 14.0 Å². The molecule has 0 amide bonds. The molecule has 0 unspecified atom stereocenters. The van der Waals surface area contributed by atoms with E-state index in [2.05, 4.69) is 25.0 Å². The molecule has 1 saturated heterocycles. The molecule has 5 heteroatoms. The lowest BCUT2D eigenvalue weighted by Crippen LogP contribution is -2.27. The van der Waals surface area contributed by atoms with E-state index < -0.39 is 0 Å². The molecule has 1 aromatic heterocycles. The second-order valence-electron chi connectivity index (χ2n) is 4.70. The van der Waals surface area contributed by atoms with E-state index in [0.29, 0.717) is 19.8 Å². The fourth-order valence-corrected chi connectivity index (χ4v) is 2.40. The monoisotopic (exact) mass is 257 g/mol. The average molecular weight is 257 g/mol. The summed E-state index contributed by atoms with van der Waals surface area (Å²) in [5.41, 5.74) is 2.16. The Morgan fingerprint density at radius 2 is 2.00 bits per heavy atom. The van der Waals surface area contributed by atoms with Gasteiger partial charge in [-0.1, -0.05) is 24.4 Å². The van der Waals surface area contributed by atoms with E-state index in [1.807, 2.05) is 6.07 Å². The van der Waals surface area contributed by atoms with Gasteiger partial charge in [-0.15, -0.1) is 0 Å². The van der Waals surface area contributed by atoms with E-state index in [1.165, 1.54) is 5.46 Å². The van der Waals surface area contributed by atoms with Crippen molar-refractivity contribution >= 4 is 23.6 Å². The summed E-state index contributed by atoms with van der Waals surface area (Å²) in [5, 5.41) is 1.06. The van der Waals surface area contributed by atoms with E-state index in [9.17, 15) is 4.79 Å². The van der Waals surface area contributed by atoms with Gasteiger partial charge in [0.2, 0.25) is 0 Å². The standard InChI is InChI=1S/C14H16BNO3/c1-15-11-4-2-10-3-5-13(17)16(12(10)8-11)9-14-18-6-7-19-14/h2-5,8,14-15H,6-7,9H2,1H3. The van der Waals surface area contributed by atoms with Crippen LogP contribution >= 0.6 is 0 Å². The normalized spacial score (nSPS) is 16.1. The number of benzene rings is 1. The largest absolute Gasteiger partial charge is 0.348 e. The van der Waals surface area contributed by atoms with E-state index in [4.69, 9.17) is 9.47 Å². The molecule has 3 rings (SSSR count). The molecule has 1 aliphatic heterocycles. The second kappa shape index (κ2) is 5.19. The highest BCUT2D eigenvalue weighted by atomic mass is 16.7. The molecular formula is C14H16BNO3. The van der Waals surface area contributed by atoms with Crippen molar-refractivity contribution in [3.05, 3.63) is 40.7 Å². The Morgan fingerprint density at radius 1 is 1.26 bits per heavy atom. The zero-order valence-electron chi connectivity index (χ0n) is 11.0. The first-order chi connectivity index (χ1) is 9.28. The number of nitrogens with zero attached hydrogens (tertiary/aromatic N) is 1. The molecule has 0 spiro atoms. The van der Waals surface area contributed by atoms with Crippen LogP contribution in [0.1, 0.15) is 0 Å². The van der Waals surface area contributed by atoms with Crippen LogP contribution in [0.5, 0.6) is 0 Å². The first-order valence-electron chi connectivity index (χ1n) is 6.63. The highest BCUT2D eigenvalue weighted by Gasteiger charge is 2.18. The first kappa shape index (κ1) is 12.4. The highest BCUT2D eigenvalue weighted by Crippen LogP contribution is 2.13. The Labute approximate surface area is 112 Å². The molecule has 0 bridgehead atoms. The van der Waals surface area contributed by atoms with Gasteiger partial charge in [0, 0.05) is 6.07 Å². The van der Waals surface area contributed by atoms with Crippen molar-refractivity contribution in [3.8, 4) is 0 Å². The highest BCUT2D eigenvalue weighted by molar-refractivity contribution is 6.52. The zero-order valence-corrected chi connectivity index (χ0v) is 11.0. The number of pyridine rings is 1. The Kier molecular flexibility index (Phi) is 3.40. The Morgan fingerprint density at radius 3 is 2.74 bits per heavy atom. The van der Waals surface area contributed by atoms with Gasteiger partial charge in [-0.05, 0) is 17.5 Å². The Balaban J connectivity index is 2.08. The van der Waals surface area contributed by atoms with Crippen LogP contribution in [0.4, 0.5) is 0 Å². The number of ether oxygens (including phenoxy) is 2. The zero-order chi connectivity index (χ0) is 13.2. The second-order valence-corrected chi connectivity index (χ2v) is 4.70. The SMILES string of the molecule is CBc1ccc2ccc(=O)n(CC3OCCO3)c2c1. The summed E-state index contributed by atoms with van der Waals surface area (Å²) >= 11 is 0. The van der Waals surface area contributed by atoms with Crippen LogP contribution in [0.15, 0.2) is 35.1 Å². The topological polar surface area (TPSA) is 40.5 Å². The summed E-state index contributed by atoms with van der Waals surface area (Å²) in [7, 11) is 0.954. The van der Waals surface area contributed by atoms with Gasteiger partial charge in [0.05, 0.1) is 25.3 Å². The molecule has 0 atom stereocenters. The molecule has 0 aliphatic carbocycles. The number of hydrogen-bond donors (Lipinski definition) is 0. The molecule has 1 aromatic carbocycles. The third kappa shape index (κ3) is 2.44. The van der Waals surface area contributed by atoms with Crippen LogP contribution in [0, 0.1) is 0 Å². The molecular weight excluding hydrogens is 241 g/mol. The number of hydrogen-bond acceptors (Lipinski definition) is 3. The minimum atomic E-state index is -0.311. The van der Waals surface area contributed by atoms with Crippen molar-refractivity contribution in [2.45, 2.75) is 19.7 Å². The summed E-state index contributed by atoms with van der Waals surface area (Å²) in [6.45, 7) is 3.76. The summed E-state index contributed by atoms with van der Waals surface area (Å²) in [6, 6.07) is 9.69. The van der Waals surface area contributed by atoms with Gasteiger partial charge >= 0.3 is 0 Å². The van der Waals surface area contributed by atoms with Crippen LogP contribution in [-0.2, 0) is 16.0 Å². The molecule has 0 saturated carbocycles. The van der Waals surface area contributed by atoms with Crippen LogP contribution in [0.25, 0.3) is 10.9 Å².